The molecule has 16 heavy (non-hydrogen) atoms. The molecule has 2 N–H and O–H groups in total. The summed E-state index contributed by atoms with van der Waals surface area (Å²) in [7, 11) is 0. The minimum absolute atomic E-state index is 0.0189. The predicted molar refractivity (Wildman–Crippen MR) is 62.0 cm³/mol. The third kappa shape index (κ3) is 9.34. The van der Waals surface area contributed by atoms with Gasteiger partial charge in [-0.05, 0) is 19.8 Å². The summed E-state index contributed by atoms with van der Waals surface area (Å²) in [5.74, 6) is -0.344. The molecule has 0 radical (unpaired) electrons. The fourth-order valence-corrected chi connectivity index (χ4v) is 1.60. The Morgan fingerprint density at radius 2 is 2.25 bits per heavy atom. The highest BCUT2D eigenvalue weighted by Crippen LogP contribution is 2.02. The van der Waals surface area contributed by atoms with Gasteiger partial charge in [0.05, 0.1) is 17.6 Å². The first-order chi connectivity index (χ1) is 7.56. The molecule has 1 atom stereocenters. The number of carbonyl (C=O) groups excluding carboxylic acids is 1. The second-order valence-electron chi connectivity index (χ2n) is 3.41. The topological polar surface area (TPSA) is 90.2 Å². The Morgan fingerprint density at radius 1 is 1.56 bits per heavy atom. The Balaban J connectivity index is 3.54. The van der Waals surface area contributed by atoms with Crippen LogP contribution in [-0.4, -0.2) is 34.5 Å². The number of nitrogens with zero attached hydrogens (tertiary/aromatic N) is 1. The van der Waals surface area contributed by atoms with Gasteiger partial charge in [-0.2, -0.15) is 5.26 Å². The van der Waals surface area contributed by atoms with E-state index in [0.717, 1.165) is 0 Å². The Bertz CT molecular complexity index is 276. The van der Waals surface area contributed by atoms with Crippen LogP contribution in [-0.2, 0) is 9.59 Å². The second kappa shape index (κ2) is 9.04. The second-order valence-corrected chi connectivity index (χ2v) is 4.39. The zero-order valence-corrected chi connectivity index (χ0v) is 10.0. The molecular formula is C10H16N2O3S. The first-order valence-corrected chi connectivity index (χ1v) is 6.17. The van der Waals surface area contributed by atoms with Crippen molar-refractivity contribution in [3.8, 4) is 6.07 Å². The van der Waals surface area contributed by atoms with Gasteiger partial charge >= 0.3 is 5.97 Å². The summed E-state index contributed by atoms with van der Waals surface area (Å²) in [4.78, 5) is 21.5. The number of hydrogen-bond donors (Lipinski definition) is 2. The maximum atomic E-state index is 11.3. The Hall–Kier alpha value is -1.22. The SMILES string of the molecule is CC(CCCC(=O)O)NC(=O)CSCC#N. The van der Waals surface area contributed by atoms with Crippen molar-refractivity contribution in [1.82, 2.24) is 5.32 Å². The van der Waals surface area contributed by atoms with Crippen LogP contribution >= 0.6 is 11.8 Å². The molecule has 5 nitrogen and oxygen atoms in total. The van der Waals surface area contributed by atoms with Crippen LogP contribution in [0.1, 0.15) is 26.2 Å². The molecule has 0 spiro atoms. The summed E-state index contributed by atoms with van der Waals surface area (Å²) >= 11 is 1.26. The molecule has 1 unspecified atom stereocenters. The van der Waals surface area contributed by atoms with Crippen molar-refractivity contribution >= 4 is 23.6 Å². The molecule has 0 aliphatic rings. The molecular weight excluding hydrogens is 228 g/mol. The van der Waals surface area contributed by atoms with Gasteiger partial charge in [-0.3, -0.25) is 9.59 Å². The molecule has 1 amide bonds. The highest BCUT2D eigenvalue weighted by Gasteiger charge is 2.07. The molecule has 0 saturated carbocycles. The van der Waals surface area contributed by atoms with E-state index in [4.69, 9.17) is 10.4 Å². The lowest BCUT2D eigenvalue weighted by Crippen LogP contribution is -2.33. The van der Waals surface area contributed by atoms with E-state index in [1.165, 1.54) is 11.8 Å². The molecule has 0 aliphatic heterocycles. The van der Waals surface area contributed by atoms with Gasteiger partial charge in [-0.25, -0.2) is 0 Å². The summed E-state index contributed by atoms with van der Waals surface area (Å²) in [5, 5.41) is 19.5. The van der Waals surface area contributed by atoms with Crippen molar-refractivity contribution < 1.29 is 14.7 Å². The van der Waals surface area contributed by atoms with Gasteiger partial charge in [0, 0.05) is 12.5 Å². The van der Waals surface area contributed by atoms with Crippen LogP contribution in [0.15, 0.2) is 0 Å². The highest BCUT2D eigenvalue weighted by atomic mass is 32.2. The molecule has 0 aromatic carbocycles. The number of nitriles is 1. The zero-order valence-electron chi connectivity index (χ0n) is 9.23. The fourth-order valence-electron chi connectivity index (χ4n) is 1.14. The van der Waals surface area contributed by atoms with Gasteiger partial charge in [-0.1, -0.05) is 0 Å². The van der Waals surface area contributed by atoms with Crippen molar-refractivity contribution in [2.24, 2.45) is 0 Å². The van der Waals surface area contributed by atoms with Gasteiger partial charge in [0.25, 0.3) is 0 Å². The van der Waals surface area contributed by atoms with Crippen LogP contribution < -0.4 is 5.32 Å². The van der Waals surface area contributed by atoms with Crippen LogP contribution in [0.5, 0.6) is 0 Å². The normalized spacial score (nSPS) is 11.5. The number of carbonyl (C=O) groups is 2. The molecule has 0 rings (SSSR count). The van der Waals surface area contributed by atoms with Gasteiger partial charge in [0.15, 0.2) is 0 Å². The maximum absolute atomic E-state index is 11.3. The van der Waals surface area contributed by atoms with Crippen molar-refractivity contribution in [2.45, 2.75) is 32.2 Å². The highest BCUT2D eigenvalue weighted by molar-refractivity contribution is 8.00. The van der Waals surface area contributed by atoms with Crippen LogP contribution in [0.4, 0.5) is 0 Å². The Morgan fingerprint density at radius 3 is 2.81 bits per heavy atom. The molecule has 0 aromatic rings. The number of carboxylic acids is 1. The predicted octanol–water partition coefficient (Wildman–Crippen LogP) is 1.00. The lowest BCUT2D eigenvalue weighted by atomic mass is 10.1. The number of hydrogen-bond acceptors (Lipinski definition) is 4. The Labute approximate surface area is 99.2 Å². The summed E-state index contributed by atoms with van der Waals surface area (Å²) < 4.78 is 0. The van der Waals surface area contributed by atoms with Crippen LogP contribution in [0.2, 0.25) is 0 Å². The van der Waals surface area contributed by atoms with Crippen LogP contribution in [0.25, 0.3) is 0 Å². The van der Waals surface area contributed by atoms with E-state index in [0.29, 0.717) is 18.6 Å². The van der Waals surface area contributed by atoms with Gasteiger partial charge in [0.2, 0.25) is 5.91 Å². The first kappa shape index (κ1) is 14.8. The number of nitrogens with one attached hydrogen (secondary N) is 1. The summed E-state index contributed by atoms with van der Waals surface area (Å²) in [5.41, 5.74) is 0. The standard InChI is InChI=1S/C10H16N2O3S/c1-8(3-2-4-10(14)15)12-9(13)7-16-6-5-11/h8H,2-4,6-7H2,1H3,(H,12,13)(H,14,15). The summed E-state index contributed by atoms with van der Waals surface area (Å²) in [6.07, 6.45) is 1.34. The van der Waals surface area contributed by atoms with Crippen molar-refractivity contribution in [1.29, 1.82) is 5.26 Å². The molecule has 0 heterocycles. The average Bonchev–Trinajstić information content (AvgIpc) is 2.17. The molecule has 0 fully saturated rings. The van der Waals surface area contributed by atoms with Crippen molar-refractivity contribution in [3.05, 3.63) is 0 Å². The minimum atomic E-state index is -0.817. The molecule has 0 saturated heterocycles. The van der Waals surface area contributed by atoms with Crippen LogP contribution in [0.3, 0.4) is 0 Å². The van der Waals surface area contributed by atoms with E-state index in [2.05, 4.69) is 5.32 Å². The molecule has 0 bridgehead atoms. The van der Waals surface area contributed by atoms with E-state index in [1.54, 1.807) is 0 Å². The van der Waals surface area contributed by atoms with E-state index < -0.39 is 5.97 Å². The summed E-state index contributed by atoms with van der Waals surface area (Å²) in [6, 6.07) is 1.92. The monoisotopic (exact) mass is 244 g/mol. The van der Waals surface area contributed by atoms with Crippen molar-refractivity contribution in [2.75, 3.05) is 11.5 Å². The van der Waals surface area contributed by atoms with E-state index in [1.807, 2.05) is 13.0 Å². The summed E-state index contributed by atoms with van der Waals surface area (Å²) in [6.45, 7) is 1.84. The van der Waals surface area contributed by atoms with Gasteiger partial charge in [0.1, 0.15) is 0 Å². The first-order valence-electron chi connectivity index (χ1n) is 5.02. The van der Waals surface area contributed by atoms with E-state index >= 15 is 0 Å². The largest absolute Gasteiger partial charge is 0.481 e. The molecule has 0 aromatic heterocycles. The number of aliphatic carboxylic acids is 1. The average molecular weight is 244 g/mol. The number of amides is 1. The molecule has 90 valence electrons. The zero-order chi connectivity index (χ0) is 12.4. The fraction of sp³-hybridized carbons (Fsp3) is 0.700. The number of rotatable bonds is 8. The lowest BCUT2D eigenvalue weighted by Gasteiger charge is -2.12. The Kier molecular flexibility index (Phi) is 8.35. The van der Waals surface area contributed by atoms with Gasteiger partial charge in [-0.15, -0.1) is 11.8 Å². The number of thioether (sulfide) groups is 1. The maximum Gasteiger partial charge on any atom is 0.303 e. The van der Waals surface area contributed by atoms with E-state index in [-0.39, 0.29) is 24.1 Å². The minimum Gasteiger partial charge on any atom is -0.481 e. The molecule has 6 heteroatoms. The van der Waals surface area contributed by atoms with Crippen molar-refractivity contribution in [3.63, 3.8) is 0 Å². The third-order valence-corrected chi connectivity index (χ3v) is 2.63. The number of carboxylic acid groups (broad SMARTS) is 1. The molecule has 0 aliphatic carbocycles. The smallest absolute Gasteiger partial charge is 0.303 e. The third-order valence-electron chi connectivity index (χ3n) is 1.83. The quantitative estimate of drug-likeness (QED) is 0.622. The van der Waals surface area contributed by atoms with Crippen LogP contribution in [0, 0.1) is 11.3 Å². The van der Waals surface area contributed by atoms with E-state index in [9.17, 15) is 9.59 Å². The van der Waals surface area contributed by atoms with Gasteiger partial charge < -0.3 is 10.4 Å². The lowest BCUT2D eigenvalue weighted by molar-refractivity contribution is -0.137.